The Labute approximate surface area is 199 Å². The number of rotatable bonds is 5. The SMILES string of the molecule is Cc1cc(-c2cnc(C3CCc4cc(-c5cc(Cl)ccc5N(N)/C=N\N)cc(=O)n43)[nH]2)cs1. The number of imidazole rings is 1. The van der Waals surface area contributed by atoms with Crippen molar-refractivity contribution in [2.45, 2.75) is 25.8 Å². The average Bonchev–Trinajstić information content (AvgIpc) is 3.52. The van der Waals surface area contributed by atoms with Gasteiger partial charge in [0.1, 0.15) is 12.2 Å². The van der Waals surface area contributed by atoms with Gasteiger partial charge in [-0.15, -0.1) is 11.3 Å². The molecule has 4 heterocycles. The maximum absolute atomic E-state index is 13.3. The molecule has 0 radical (unpaired) electrons. The highest BCUT2D eigenvalue weighted by molar-refractivity contribution is 7.10. The van der Waals surface area contributed by atoms with Gasteiger partial charge in [-0.05, 0) is 55.7 Å². The van der Waals surface area contributed by atoms with Gasteiger partial charge in [0.15, 0.2) is 0 Å². The number of anilines is 1. The number of pyridine rings is 1. The van der Waals surface area contributed by atoms with Crippen LogP contribution < -0.4 is 22.3 Å². The number of aromatic nitrogens is 3. The number of hydrazine groups is 1. The van der Waals surface area contributed by atoms with E-state index in [1.165, 1.54) is 16.2 Å². The van der Waals surface area contributed by atoms with Crippen molar-refractivity contribution in [3.05, 3.63) is 79.7 Å². The van der Waals surface area contributed by atoms with Crippen LogP contribution in [0.25, 0.3) is 22.4 Å². The lowest BCUT2D eigenvalue weighted by Gasteiger charge is -2.18. The van der Waals surface area contributed by atoms with Crippen molar-refractivity contribution >= 4 is 35.0 Å². The fourth-order valence-corrected chi connectivity index (χ4v) is 5.22. The van der Waals surface area contributed by atoms with Crippen molar-refractivity contribution in [1.82, 2.24) is 14.5 Å². The van der Waals surface area contributed by atoms with Gasteiger partial charge in [-0.3, -0.25) is 9.80 Å². The zero-order valence-corrected chi connectivity index (χ0v) is 19.4. The normalized spacial score (nSPS) is 15.3. The van der Waals surface area contributed by atoms with E-state index in [-0.39, 0.29) is 11.6 Å². The molecule has 168 valence electrons. The first kappa shape index (κ1) is 21.4. The van der Waals surface area contributed by atoms with Gasteiger partial charge in [0, 0.05) is 38.2 Å². The second kappa shape index (κ2) is 8.51. The predicted molar refractivity (Wildman–Crippen MR) is 134 cm³/mol. The number of halogens is 1. The lowest BCUT2D eigenvalue weighted by atomic mass is 10.0. The van der Waals surface area contributed by atoms with Crippen molar-refractivity contribution in [1.29, 1.82) is 0 Å². The van der Waals surface area contributed by atoms with Gasteiger partial charge >= 0.3 is 0 Å². The molecule has 8 nitrogen and oxygen atoms in total. The molecule has 0 saturated heterocycles. The number of benzene rings is 1. The number of nitrogens with one attached hydrogen (secondary N) is 1. The number of H-pyrrole nitrogens is 1. The van der Waals surface area contributed by atoms with Crippen molar-refractivity contribution in [3.8, 4) is 22.4 Å². The second-order valence-electron chi connectivity index (χ2n) is 7.96. The molecule has 3 aromatic heterocycles. The van der Waals surface area contributed by atoms with Gasteiger partial charge in [0.05, 0.1) is 23.6 Å². The van der Waals surface area contributed by atoms with E-state index in [9.17, 15) is 4.79 Å². The standard InChI is InChI=1S/C23H22ClN7OS/c1-13-6-15(11-33-13)19-10-27-23(29-19)21-5-3-17-7-14(8-22(32)31(17)21)18-9-16(24)2-4-20(18)30(26)12-28-25/h2,4,6-12,21H,3,5,25-26H2,1H3,(H,27,29)/b28-12-. The van der Waals surface area contributed by atoms with Gasteiger partial charge in [-0.2, -0.15) is 5.10 Å². The van der Waals surface area contributed by atoms with Crippen LogP contribution in [-0.2, 0) is 6.42 Å². The highest BCUT2D eigenvalue weighted by atomic mass is 35.5. The largest absolute Gasteiger partial charge is 0.340 e. The monoisotopic (exact) mass is 479 g/mol. The summed E-state index contributed by atoms with van der Waals surface area (Å²) in [6.45, 7) is 2.08. The summed E-state index contributed by atoms with van der Waals surface area (Å²) in [4.78, 5) is 22.5. The quantitative estimate of drug-likeness (QED) is 0.173. The molecule has 1 aliphatic rings. The minimum absolute atomic E-state index is 0.101. The first-order valence-electron chi connectivity index (χ1n) is 10.4. The minimum atomic E-state index is -0.135. The molecular weight excluding hydrogens is 458 g/mol. The number of aryl methyl sites for hydroxylation is 2. The first-order valence-corrected chi connectivity index (χ1v) is 11.6. The Morgan fingerprint density at radius 3 is 2.91 bits per heavy atom. The molecule has 5 rings (SSSR count). The average molecular weight is 480 g/mol. The van der Waals surface area contributed by atoms with E-state index in [4.69, 9.17) is 23.3 Å². The summed E-state index contributed by atoms with van der Waals surface area (Å²) in [5.74, 6) is 12.1. The minimum Gasteiger partial charge on any atom is -0.340 e. The molecule has 33 heavy (non-hydrogen) atoms. The molecule has 0 aliphatic carbocycles. The highest BCUT2D eigenvalue weighted by Gasteiger charge is 2.28. The van der Waals surface area contributed by atoms with Crippen LogP contribution in [0.15, 0.2) is 57.9 Å². The van der Waals surface area contributed by atoms with E-state index in [1.807, 2.05) is 16.8 Å². The number of hydrogen-bond acceptors (Lipinski definition) is 6. The van der Waals surface area contributed by atoms with E-state index in [0.29, 0.717) is 10.7 Å². The predicted octanol–water partition coefficient (Wildman–Crippen LogP) is 4.05. The van der Waals surface area contributed by atoms with Crippen molar-refractivity contribution in [3.63, 3.8) is 0 Å². The summed E-state index contributed by atoms with van der Waals surface area (Å²) in [6.07, 6.45) is 4.68. The van der Waals surface area contributed by atoms with Crippen LogP contribution >= 0.6 is 22.9 Å². The van der Waals surface area contributed by atoms with Gasteiger partial charge in [0.25, 0.3) is 5.56 Å². The van der Waals surface area contributed by atoms with Crippen LogP contribution in [0.4, 0.5) is 5.69 Å². The number of hydrazone groups is 1. The lowest BCUT2D eigenvalue weighted by molar-refractivity contribution is 0.572. The summed E-state index contributed by atoms with van der Waals surface area (Å²) in [5.41, 5.74) is 5.00. The Bertz CT molecular complexity index is 1420. The Kier molecular flexibility index (Phi) is 5.53. The van der Waals surface area contributed by atoms with Crippen molar-refractivity contribution in [2.75, 3.05) is 5.01 Å². The zero-order chi connectivity index (χ0) is 23.1. The number of aromatic amines is 1. The van der Waals surface area contributed by atoms with Crippen LogP contribution in [0.5, 0.6) is 0 Å². The Morgan fingerprint density at radius 2 is 2.15 bits per heavy atom. The number of nitrogens with zero attached hydrogens (tertiary/aromatic N) is 4. The fourth-order valence-electron chi connectivity index (χ4n) is 4.35. The summed E-state index contributed by atoms with van der Waals surface area (Å²) < 4.78 is 1.82. The second-order valence-corrected chi connectivity index (χ2v) is 9.51. The first-order chi connectivity index (χ1) is 15.9. The molecule has 1 aliphatic heterocycles. The summed E-state index contributed by atoms with van der Waals surface area (Å²) in [6, 6.07) is 10.9. The molecule has 0 spiro atoms. The fraction of sp³-hybridized carbons (Fsp3) is 0.174. The third-order valence-electron chi connectivity index (χ3n) is 5.83. The van der Waals surface area contributed by atoms with Crippen LogP contribution in [0.3, 0.4) is 0 Å². The third kappa shape index (κ3) is 3.95. The van der Waals surface area contributed by atoms with Gasteiger partial charge < -0.3 is 15.4 Å². The van der Waals surface area contributed by atoms with Crippen LogP contribution in [0, 0.1) is 6.92 Å². The Balaban J connectivity index is 1.53. The van der Waals surface area contributed by atoms with E-state index in [1.54, 1.807) is 35.6 Å². The van der Waals surface area contributed by atoms with Crippen molar-refractivity contribution in [2.24, 2.45) is 16.8 Å². The number of thiophene rings is 1. The molecule has 0 bridgehead atoms. The molecule has 0 fully saturated rings. The maximum Gasteiger partial charge on any atom is 0.252 e. The lowest BCUT2D eigenvalue weighted by Crippen LogP contribution is -2.30. The number of fused-ring (bicyclic) bond motifs is 1. The maximum atomic E-state index is 13.3. The topological polar surface area (TPSA) is 118 Å². The third-order valence-corrected chi connectivity index (χ3v) is 6.92. The number of nitrogens with two attached hydrogens (primary N) is 2. The van der Waals surface area contributed by atoms with Crippen molar-refractivity contribution < 1.29 is 0 Å². The molecular formula is C23H22ClN7OS. The molecule has 1 aromatic carbocycles. The highest BCUT2D eigenvalue weighted by Crippen LogP contribution is 2.36. The summed E-state index contributed by atoms with van der Waals surface area (Å²) in [5, 5.41) is 7.42. The zero-order valence-electron chi connectivity index (χ0n) is 17.8. The Hall–Kier alpha value is -3.40. The van der Waals surface area contributed by atoms with E-state index >= 15 is 0 Å². The smallest absolute Gasteiger partial charge is 0.252 e. The van der Waals surface area contributed by atoms with Crippen LogP contribution in [0.1, 0.15) is 28.9 Å². The van der Waals surface area contributed by atoms with Gasteiger partial charge in [-0.1, -0.05) is 11.6 Å². The van der Waals surface area contributed by atoms with Crippen LogP contribution in [-0.4, -0.2) is 20.9 Å². The number of hydrogen-bond donors (Lipinski definition) is 3. The van der Waals surface area contributed by atoms with Crippen LogP contribution in [0.2, 0.25) is 5.02 Å². The Morgan fingerprint density at radius 1 is 1.30 bits per heavy atom. The molecule has 0 saturated carbocycles. The van der Waals surface area contributed by atoms with Gasteiger partial charge in [-0.25, -0.2) is 10.8 Å². The molecule has 4 aromatic rings. The molecule has 1 atom stereocenters. The van der Waals surface area contributed by atoms with E-state index in [2.05, 4.69) is 33.4 Å². The molecule has 0 amide bonds. The molecule has 1 unspecified atom stereocenters. The van der Waals surface area contributed by atoms with Gasteiger partial charge in [0.2, 0.25) is 0 Å². The molecule has 5 N–H and O–H groups in total. The summed E-state index contributed by atoms with van der Waals surface area (Å²) >= 11 is 7.95. The molecule has 10 heteroatoms. The summed E-state index contributed by atoms with van der Waals surface area (Å²) in [7, 11) is 0. The van der Waals surface area contributed by atoms with E-state index in [0.717, 1.165) is 46.7 Å². The van der Waals surface area contributed by atoms with E-state index < -0.39 is 0 Å².